The molecular weight excluding hydrogens is 387 g/mol. The maximum atomic E-state index is 13.1. The topological polar surface area (TPSA) is 29.1 Å². The number of anilines is 1. The zero-order valence-electron chi connectivity index (χ0n) is 16.8. The number of carbonyl (C=O) groups excluding carboxylic acids is 1. The van der Waals surface area contributed by atoms with Crippen molar-refractivity contribution in [2.24, 2.45) is 5.92 Å². The van der Waals surface area contributed by atoms with E-state index in [2.05, 4.69) is 17.4 Å². The number of nitrogens with one attached hydrogen (secondary N) is 1. The van der Waals surface area contributed by atoms with Crippen molar-refractivity contribution in [2.45, 2.75) is 31.9 Å². The summed E-state index contributed by atoms with van der Waals surface area (Å²) in [6, 6.07) is 20.9. The molecule has 0 aromatic heterocycles. The maximum absolute atomic E-state index is 13.1. The summed E-state index contributed by atoms with van der Waals surface area (Å²) in [5.41, 5.74) is 3.22. The SMILES string of the molecule is Cc1cccc(C2(c3cccc(C)c3)C[C@@H]2C(=O)Nc2cccc(C(F)(F)F)c2)c1. The Hall–Kier alpha value is -3.08. The molecule has 0 heterocycles. The Bertz CT molecular complexity index is 1060. The highest BCUT2D eigenvalue weighted by atomic mass is 19.4. The molecule has 1 atom stereocenters. The van der Waals surface area contributed by atoms with E-state index in [1.807, 2.05) is 50.2 Å². The maximum Gasteiger partial charge on any atom is 0.416 e. The van der Waals surface area contributed by atoms with E-state index in [1.54, 1.807) is 0 Å². The molecule has 1 aliphatic rings. The number of hydrogen-bond acceptors (Lipinski definition) is 1. The minimum absolute atomic E-state index is 0.157. The lowest BCUT2D eigenvalue weighted by Crippen LogP contribution is -2.22. The highest BCUT2D eigenvalue weighted by Gasteiger charge is 2.60. The van der Waals surface area contributed by atoms with Crippen LogP contribution in [0.5, 0.6) is 0 Å². The number of alkyl halides is 3. The summed E-state index contributed by atoms with van der Waals surface area (Å²) in [6.45, 7) is 4.01. The molecular formula is C25H22F3NO. The van der Waals surface area contributed by atoms with Gasteiger partial charge in [-0.25, -0.2) is 0 Å². The number of halogens is 3. The first-order chi connectivity index (χ1) is 14.2. The van der Waals surface area contributed by atoms with Crippen LogP contribution in [0, 0.1) is 19.8 Å². The van der Waals surface area contributed by atoms with Crippen LogP contribution >= 0.6 is 0 Å². The molecule has 1 aliphatic carbocycles. The molecule has 2 nitrogen and oxygen atoms in total. The summed E-state index contributed by atoms with van der Waals surface area (Å²) in [5.74, 6) is -0.618. The van der Waals surface area contributed by atoms with Crippen LogP contribution in [0.2, 0.25) is 0 Å². The lowest BCUT2D eigenvalue weighted by molar-refractivity contribution is -0.137. The van der Waals surface area contributed by atoms with E-state index >= 15 is 0 Å². The van der Waals surface area contributed by atoms with E-state index in [9.17, 15) is 18.0 Å². The van der Waals surface area contributed by atoms with Gasteiger partial charge >= 0.3 is 6.18 Å². The molecule has 1 saturated carbocycles. The van der Waals surface area contributed by atoms with E-state index in [0.29, 0.717) is 6.42 Å². The van der Waals surface area contributed by atoms with Crippen LogP contribution in [-0.2, 0) is 16.4 Å². The second kappa shape index (κ2) is 7.31. The van der Waals surface area contributed by atoms with Gasteiger partial charge in [-0.15, -0.1) is 0 Å². The van der Waals surface area contributed by atoms with Crippen LogP contribution in [0.15, 0.2) is 72.8 Å². The summed E-state index contributed by atoms with van der Waals surface area (Å²) in [5, 5.41) is 2.70. The molecule has 1 fully saturated rings. The van der Waals surface area contributed by atoms with Gasteiger partial charge in [-0.1, -0.05) is 65.7 Å². The van der Waals surface area contributed by atoms with E-state index < -0.39 is 17.2 Å². The van der Waals surface area contributed by atoms with E-state index in [1.165, 1.54) is 12.1 Å². The predicted molar refractivity (Wildman–Crippen MR) is 111 cm³/mol. The quantitative estimate of drug-likeness (QED) is 0.541. The average molecular weight is 409 g/mol. The molecule has 1 N–H and O–H groups in total. The van der Waals surface area contributed by atoms with Crippen molar-refractivity contribution in [1.29, 1.82) is 0 Å². The molecule has 154 valence electrons. The fourth-order valence-corrected chi connectivity index (χ4v) is 4.23. The van der Waals surface area contributed by atoms with Gasteiger partial charge in [-0.05, 0) is 49.6 Å². The zero-order valence-corrected chi connectivity index (χ0v) is 16.8. The Labute approximate surface area is 173 Å². The van der Waals surface area contributed by atoms with Crippen molar-refractivity contribution in [3.8, 4) is 0 Å². The van der Waals surface area contributed by atoms with Crippen molar-refractivity contribution < 1.29 is 18.0 Å². The van der Waals surface area contributed by atoms with Crippen LogP contribution in [-0.4, -0.2) is 5.91 Å². The number of amides is 1. The van der Waals surface area contributed by atoms with Gasteiger partial charge in [0.1, 0.15) is 0 Å². The van der Waals surface area contributed by atoms with Crippen molar-refractivity contribution in [2.75, 3.05) is 5.32 Å². The molecule has 0 unspecified atom stereocenters. The Morgan fingerprint density at radius 1 is 0.900 bits per heavy atom. The highest BCUT2D eigenvalue weighted by Crippen LogP contribution is 2.59. The smallest absolute Gasteiger partial charge is 0.326 e. The molecule has 0 radical (unpaired) electrons. The third-order valence-corrected chi connectivity index (χ3v) is 5.80. The fraction of sp³-hybridized carbons (Fsp3) is 0.240. The minimum atomic E-state index is -4.45. The van der Waals surface area contributed by atoms with E-state index in [4.69, 9.17) is 0 Å². The van der Waals surface area contributed by atoms with Gasteiger partial charge in [0.2, 0.25) is 5.91 Å². The summed E-state index contributed by atoms with van der Waals surface area (Å²) in [4.78, 5) is 13.1. The predicted octanol–water partition coefficient (Wildman–Crippen LogP) is 6.27. The fourth-order valence-electron chi connectivity index (χ4n) is 4.23. The lowest BCUT2D eigenvalue weighted by Gasteiger charge is -2.20. The molecule has 1 amide bonds. The van der Waals surface area contributed by atoms with Crippen molar-refractivity contribution in [3.63, 3.8) is 0 Å². The Balaban J connectivity index is 1.66. The highest BCUT2D eigenvalue weighted by molar-refractivity contribution is 5.97. The van der Waals surface area contributed by atoms with Gasteiger partial charge in [0.05, 0.1) is 11.5 Å². The van der Waals surface area contributed by atoms with Crippen LogP contribution in [0.1, 0.15) is 34.2 Å². The van der Waals surface area contributed by atoms with Gasteiger partial charge in [0, 0.05) is 11.1 Å². The van der Waals surface area contributed by atoms with Crippen molar-refractivity contribution >= 4 is 11.6 Å². The van der Waals surface area contributed by atoms with Gasteiger partial charge in [0.15, 0.2) is 0 Å². The molecule has 0 saturated heterocycles. The molecule has 3 aromatic carbocycles. The average Bonchev–Trinajstić information content (AvgIpc) is 3.45. The first kappa shape index (κ1) is 20.2. The van der Waals surface area contributed by atoms with Crippen LogP contribution < -0.4 is 5.32 Å². The number of hydrogen-bond donors (Lipinski definition) is 1. The second-order valence-electron chi connectivity index (χ2n) is 8.03. The molecule has 0 bridgehead atoms. The largest absolute Gasteiger partial charge is 0.416 e. The first-order valence-corrected chi connectivity index (χ1v) is 9.82. The third-order valence-electron chi connectivity index (χ3n) is 5.80. The molecule has 0 aliphatic heterocycles. The normalized spacial score (nSPS) is 17.4. The summed E-state index contributed by atoms with van der Waals surface area (Å²) in [7, 11) is 0. The van der Waals surface area contributed by atoms with Crippen molar-refractivity contribution in [3.05, 3.63) is 101 Å². The van der Waals surface area contributed by atoms with Gasteiger partial charge in [-0.3, -0.25) is 4.79 Å². The van der Waals surface area contributed by atoms with Gasteiger partial charge < -0.3 is 5.32 Å². The standard InChI is InChI=1S/C25H22F3NO/c1-16-6-3-8-18(12-16)24(19-9-4-7-17(2)13-19)15-22(24)23(30)29-21-11-5-10-20(14-21)25(26,27)28/h3-14,22H,15H2,1-2H3,(H,29,30)/t22-/m1/s1. The van der Waals surface area contributed by atoms with Crippen LogP contribution in [0.25, 0.3) is 0 Å². The van der Waals surface area contributed by atoms with Crippen LogP contribution in [0.4, 0.5) is 18.9 Å². The molecule has 30 heavy (non-hydrogen) atoms. The summed E-state index contributed by atoms with van der Waals surface area (Å²) in [6.07, 6.45) is -3.84. The Morgan fingerprint density at radius 2 is 1.47 bits per heavy atom. The Kier molecular flexibility index (Phi) is 4.92. The number of aryl methyl sites for hydroxylation is 2. The number of carbonyl (C=O) groups is 1. The summed E-state index contributed by atoms with van der Waals surface area (Å²) >= 11 is 0. The molecule has 5 heteroatoms. The monoisotopic (exact) mass is 409 g/mol. The number of rotatable bonds is 4. The van der Waals surface area contributed by atoms with Gasteiger partial charge in [-0.2, -0.15) is 13.2 Å². The minimum Gasteiger partial charge on any atom is -0.326 e. The van der Waals surface area contributed by atoms with E-state index in [0.717, 1.165) is 34.4 Å². The third kappa shape index (κ3) is 3.72. The van der Waals surface area contributed by atoms with E-state index in [-0.39, 0.29) is 17.5 Å². The second-order valence-corrected chi connectivity index (χ2v) is 8.03. The molecule has 0 spiro atoms. The summed E-state index contributed by atoms with van der Waals surface area (Å²) < 4.78 is 39.0. The van der Waals surface area contributed by atoms with Crippen molar-refractivity contribution in [1.82, 2.24) is 0 Å². The lowest BCUT2D eigenvalue weighted by atomic mass is 9.84. The zero-order chi connectivity index (χ0) is 21.5. The molecule has 3 aromatic rings. The van der Waals surface area contributed by atoms with Crippen LogP contribution in [0.3, 0.4) is 0 Å². The Morgan fingerprint density at radius 3 is 2.00 bits per heavy atom. The van der Waals surface area contributed by atoms with Gasteiger partial charge in [0.25, 0.3) is 0 Å². The molecule has 4 rings (SSSR count). The number of benzene rings is 3. The first-order valence-electron chi connectivity index (χ1n) is 9.82.